The molecule has 4 heteroatoms. The number of halogens is 1. The average molecular weight is 298 g/mol. The molecule has 0 radical (unpaired) electrons. The highest BCUT2D eigenvalue weighted by atomic mass is 79.9. The van der Waals surface area contributed by atoms with Gasteiger partial charge in [-0.1, -0.05) is 12.1 Å². The zero-order valence-corrected chi connectivity index (χ0v) is 11.3. The Balaban J connectivity index is 1.93. The third-order valence-corrected chi connectivity index (χ3v) is 4.25. The highest BCUT2D eigenvalue weighted by Gasteiger charge is 2.27. The Bertz CT molecular complexity index is 427. The van der Waals surface area contributed by atoms with Gasteiger partial charge in [0.15, 0.2) is 0 Å². The lowest BCUT2D eigenvalue weighted by Crippen LogP contribution is -2.38. The monoisotopic (exact) mass is 297 g/mol. The van der Waals surface area contributed by atoms with E-state index < -0.39 is 0 Å². The fourth-order valence-corrected chi connectivity index (χ4v) is 2.47. The van der Waals surface area contributed by atoms with Crippen molar-refractivity contribution in [1.29, 1.82) is 0 Å². The Labute approximate surface area is 109 Å². The predicted molar refractivity (Wildman–Crippen MR) is 69.9 cm³/mol. The van der Waals surface area contributed by atoms with E-state index >= 15 is 0 Å². The SMILES string of the molecule is Cc1cccc(C(=O)NCC2CC(O)C2)c1Br. The number of carbonyl (C=O) groups is 1. The molecule has 2 rings (SSSR count). The summed E-state index contributed by atoms with van der Waals surface area (Å²) in [6.45, 7) is 2.61. The largest absolute Gasteiger partial charge is 0.393 e. The first-order chi connectivity index (χ1) is 8.08. The molecule has 92 valence electrons. The molecule has 1 aliphatic carbocycles. The van der Waals surface area contributed by atoms with Crippen molar-refractivity contribution in [3.63, 3.8) is 0 Å². The van der Waals surface area contributed by atoms with Gasteiger partial charge < -0.3 is 10.4 Å². The molecule has 2 N–H and O–H groups in total. The van der Waals surface area contributed by atoms with E-state index in [4.69, 9.17) is 5.11 Å². The third-order valence-electron chi connectivity index (χ3n) is 3.20. The summed E-state index contributed by atoms with van der Waals surface area (Å²) >= 11 is 3.43. The smallest absolute Gasteiger partial charge is 0.252 e. The summed E-state index contributed by atoms with van der Waals surface area (Å²) in [4.78, 5) is 11.9. The molecule has 1 aliphatic rings. The van der Waals surface area contributed by atoms with E-state index in [1.165, 1.54) is 0 Å². The number of hydrogen-bond acceptors (Lipinski definition) is 2. The Morgan fingerprint density at radius 2 is 2.24 bits per heavy atom. The van der Waals surface area contributed by atoms with Crippen LogP contribution in [0.25, 0.3) is 0 Å². The van der Waals surface area contributed by atoms with Crippen LogP contribution >= 0.6 is 15.9 Å². The van der Waals surface area contributed by atoms with Crippen LogP contribution in [0.5, 0.6) is 0 Å². The summed E-state index contributed by atoms with van der Waals surface area (Å²) in [5.74, 6) is 0.375. The molecule has 1 fully saturated rings. The van der Waals surface area contributed by atoms with Gasteiger partial charge >= 0.3 is 0 Å². The molecule has 1 aromatic rings. The molecule has 1 aromatic carbocycles. The van der Waals surface area contributed by atoms with Crippen molar-refractivity contribution < 1.29 is 9.90 Å². The topological polar surface area (TPSA) is 49.3 Å². The van der Waals surface area contributed by atoms with Gasteiger partial charge in [-0.2, -0.15) is 0 Å². The van der Waals surface area contributed by atoms with Gasteiger partial charge in [0.1, 0.15) is 0 Å². The fourth-order valence-electron chi connectivity index (χ4n) is 2.02. The molecule has 0 aliphatic heterocycles. The molecule has 0 heterocycles. The second-order valence-electron chi connectivity index (χ2n) is 4.64. The number of hydrogen-bond donors (Lipinski definition) is 2. The Hall–Kier alpha value is -0.870. The fraction of sp³-hybridized carbons (Fsp3) is 0.462. The normalized spacial score (nSPS) is 23.0. The number of nitrogens with one attached hydrogen (secondary N) is 1. The molecular weight excluding hydrogens is 282 g/mol. The van der Waals surface area contributed by atoms with Gasteiger partial charge in [0.05, 0.1) is 11.7 Å². The number of aryl methyl sites for hydroxylation is 1. The van der Waals surface area contributed by atoms with Crippen LogP contribution in [0.1, 0.15) is 28.8 Å². The minimum atomic E-state index is -0.164. The van der Waals surface area contributed by atoms with Crippen LogP contribution in [-0.2, 0) is 0 Å². The van der Waals surface area contributed by atoms with Crippen molar-refractivity contribution in [2.75, 3.05) is 6.54 Å². The first kappa shape index (κ1) is 12.6. The summed E-state index contributed by atoms with van der Waals surface area (Å²) in [6.07, 6.45) is 1.44. The van der Waals surface area contributed by atoms with Crippen molar-refractivity contribution in [2.45, 2.75) is 25.9 Å². The number of rotatable bonds is 3. The molecule has 0 atom stereocenters. The predicted octanol–water partition coefficient (Wildman–Crippen LogP) is 2.26. The van der Waals surface area contributed by atoms with Gasteiger partial charge in [0, 0.05) is 11.0 Å². The van der Waals surface area contributed by atoms with Gasteiger partial charge in [-0.25, -0.2) is 0 Å². The Morgan fingerprint density at radius 3 is 2.88 bits per heavy atom. The van der Waals surface area contributed by atoms with Gasteiger partial charge in [-0.05, 0) is 53.2 Å². The number of amides is 1. The van der Waals surface area contributed by atoms with Crippen LogP contribution in [0, 0.1) is 12.8 Å². The summed E-state index contributed by atoms with van der Waals surface area (Å²) in [6, 6.07) is 5.65. The first-order valence-electron chi connectivity index (χ1n) is 5.79. The minimum Gasteiger partial charge on any atom is -0.393 e. The van der Waals surface area contributed by atoms with E-state index in [0.29, 0.717) is 18.0 Å². The standard InChI is InChI=1S/C13H16BrNO2/c1-8-3-2-4-11(12(8)14)13(17)15-7-9-5-10(16)6-9/h2-4,9-10,16H,5-7H2,1H3,(H,15,17). The van der Waals surface area contributed by atoms with Gasteiger partial charge in [0.2, 0.25) is 0 Å². The van der Waals surface area contributed by atoms with Crippen LogP contribution in [0.3, 0.4) is 0 Å². The highest BCUT2D eigenvalue weighted by Crippen LogP contribution is 2.26. The molecule has 0 saturated heterocycles. The number of carbonyl (C=O) groups excluding carboxylic acids is 1. The average Bonchev–Trinajstić information content (AvgIpc) is 2.26. The minimum absolute atomic E-state index is 0.0537. The molecular formula is C13H16BrNO2. The molecule has 0 spiro atoms. The van der Waals surface area contributed by atoms with Gasteiger partial charge in [0.25, 0.3) is 5.91 Å². The van der Waals surface area contributed by atoms with E-state index in [1.807, 2.05) is 25.1 Å². The summed E-state index contributed by atoms with van der Waals surface area (Å²) in [7, 11) is 0. The zero-order chi connectivity index (χ0) is 12.4. The van der Waals surface area contributed by atoms with Crippen molar-refractivity contribution >= 4 is 21.8 Å². The van der Waals surface area contributed by atoms with Crippen LogP contribution < -0.4 is 5.32 Å². The number of aliphatic hydroxyl groups excluding tert-OH is 1. The lowest BCUT2D eigenvalue weighted by atomic mass is 9.82. The second-order valence-corrected chi connectivity index (χ2v) is 5.43. The Morgan fingerprint density at radius 1 is 1.53 bits per heavy atom. The molecule has 3 nitrogen and oxygen atoms in total. The summed E-state index contributed by atoms with van der Waals surface area (Å²) in [5.41, 5.74) is 1.72. The molecule has 0 unspecified atom stereocenters. The van der Waals surface area contributed by atoms with Crippen LogP contribution in [-0.4, -0.2) is 23.7 Å². The van der Waals surface area contributed by atoms with E-state index in [9.17, 15) is 4.79 Å². The lowest BCUT2D eigenvalue weighted by molar-refractivity contribution is 0.0420. The molecule has 0 aromatic heterocycles. The van der Waals surface area contributed by atoms with Crippen LogP contribution in [0.2, 0.25) is 0 Å². The highest BCUT2D eigenvalue weighted by molar-refractivity contribution is 9.10. The molecule has 1 amide bonds. The van der Waals surface area contributed by atoms with Crippen molar-refractivity contribution in [3.05, 3.63) is 33.8 Å². The summed E-state index contributed by atoms with van der Waals surface area (Å²) in [5, 5.41) is 12.1. The maximum absolute atomic E-state index is 11.9. The Kier molecular flexibility index (Phi) is 3.84. The van der Waals surface area contributed by atoms with Crippen molar-refractivity contribution in [1.82, 2.24) is 5.32 Å². The quantitative estimate of drug-likeness (QED) is 0.899. The van der Waals surface area contributed by atoms with E-state index in [-0.39, 0.29) is 12.0 Å². The van der Waals surface area contributed by atoms with E-state index in [2.05, 4.69) is 21.2 Å². The maximum Gasteiger partial charge on any atom is 0.252 e. The molecule has 0 bridgehead atoms. The number of aliphatic hydroxyl groups is 1. The van der Waals surface area contributed by atoms with Gasteiger partial charge in [-0.3, -0.25) is 4.79 Å². The number of benzene rings is 1. The lowest BCUT2D eigenvalue weighted by Gasteiger charge is -2.31. The van der Waals surface area contributed by atoms with Crippen molar-refractivity contribution in [2.24, 2.45) is 5.92 Å². The van der Waals surface area contributed by atoms with Crippen molar-refractivity contribution in [3.8, 4) is 0 Å². The second kappa shape index (κ2) is 5.19. The van der Waals surface area contributed by atoms with E-state index in [1.54, 1.807) is 0 Å². The third kappa shape index (κ3) is 2.87. The molecule has 1 saturated carbocycles. The van der Waals surface area contributed by atoms with Crippen LogP contribution in [0.4, 0.5) is 0 Å². The first-order valence-corrected chi connectivity index (χ1v) is 6.58. The molecule has 17 heavy (non-hydrogen) atoms. The summed E-state index contributed by atoms with van der Waals surface area (Å²) < 4.78 is 0.853. The van der Waals surface area contributed by atoms with Crippen LogP contribution in [0.15, 0.2) is 22.7 Å². The maximum atomic E-state index is 11.9. The zero-order valence-electron chi connectivity index (χ0n) is 9.74. The van der Waals surface area contributed by atoms with Gasteiger partial charge in [-0.15, -0.1) is 0 Å². The van der Waals surface area contributed by atoms with E-state index in [0.717, 1.165) is 22.9 Å².